The van der Waals surface area contributed by atoms with E-state index < -0.39 is 40.8 Å². The van der Waals surface area contributed by atoms with Crippen LogP contribution in [0.1, 0.15) is 143 Å². The average Bonchev–Trinajstić information content (AvgIpc) is 3.64. The van der Waals surface area contributed by atoms with E-state index in [1.807, 2.05) is 88.4 Å². The molecule has 0 aromatic heterocycles. The van der Waals surface area contributed by atoms with E-state index in [0.29, 0.717) is 32.2 Å². The molecule has 0 bridgehead atoms. The van der Waals surface area contributed by atoms with Crippen LogP contribution in [0.5, 0.6) is 0 Å². The molecular formula is C46H65NO7. The van der Waals surface area contributed by atoms with Crippen molar-refractivity contribution >= 4 is 40.6 Å². The first-order valence-corrected chi connectivity index (χ1v) is 20.1. The van der Waals surface area contributed by atoms with Crippen molar-refractivity contribution < 1.29 is 33.6 Å². The van der Waals surface area contributed by atoms with Gasteiger partial charge < -0.3 is 4.90 Å². The monoisotopic (exact) mass is 743 g/mol. The van der Waals surface area contributed by atoms with Gasteiger partial charge in [0.2, 0.25) is 11.7 Å². The van der Waals surface area contributed by atoms with Crippen LogP contribution in [0.15, 0.2) is 60.7 Å². The van der Waals surface area contributed by atoms with Gasteiger partial charge in [0.15, 0.2) is 11.6 Å². The zero-order valence-corrected chi connectivity index (χ0v) is 34.2. The van der Waals surface area contributed by atoms with E-state index in [4.69, 9.17) is 0 Å². The Morgan fingerprint density at radius 1 is 0.778 bits per heavy atom. The number of benzene rings is 2. The van der Waals surface area contributed by atoms with Gasteiger partial charge in [-0.2, -0.15) is 0 Å². The third kappa shape index (κ3) is 14.6. The standard InChI is InChI=1S/C43H57NO7.C3H8/c1-7-8-18-32(41(50)38(47)23-22-33(45)27-35(40(49)29(2)3)31-19-13-10-14-20-31)26-39(48)37-21-15-24-44(37)42(51)36(43(4,5)6)28-34(46)25-30-16-11-9-12-17-30;1-3-2/h9-14,16-17,19-20,29,32,35-37H,7-8,15,18,21-28H2,1-6H3;3H2,1-2H3/t32?,35-,36+,37-;/m0./s1. The maximum Gasteiger partial charge on any atom is 0.227 e. The molecule has 1 heterocycles. The third-order valence-corrected chi connectivity index (χ3v) is 10.1. The molecule has 0 spiro atoms. The highest BCUT2D eigenvalue weighted by atomic mass is 16.2. The highest BCUT2D eigenvalue weighted by molar-refractivity contribution is 6.38. The van der Waals surface area contributed by atoms with Gasteiger partial charge in [-0.3, -0.25) is 33.6 Å². The molecular weight excluding hydrogens is 679 g/mol. The van der Waals surface area contributed by atoms with Crippen molar-refractivity contribution in [3.8, 4) is 0 Å². The average molecular weight is 744 g/mol. The summed E-state index contributed by atoms with van der Waals surface area (Å²) in [5, 5.41) is 0. The van der Waals surface area contributed by atoms with E-state index in [2.05, 4.69) is 13.8 Å². The maximum atomic E-state index is 14.0. The lowest BCUT2D eigenvalue weighted by molar-refractivity contribution is -0.146. The summed E-state index contributed by atoms with van der Waals surface area (Å²) in [6, 6.07) is 17.8. The number of nitrogens with zero attached hydrogens (tertiary/aromatic N) is 1. The van der Waals surface area contributed by atoms with Crippen molar-refractivity contribution in [2.24, 2.45) is 23.2 Å². The van der Waals surface area contributed by atoms with E-state index in [1.54, 1.807) is 18.7 Å². The van der Waals surface area contributed by atoms with E-state index >= 15 is 0 Å². The quantitative estimate of drug-likeness (QED) is 0.117. The van der Waals surface area contributed by atoms with Gasteiger partial charge in [0.05, 0.1) is 6.04 Å². The Morgan fingerprint density at radius 3 is 1.93 bits per heavy atom. The molecule has 1 aliphatic heterocycles. The molecule has 0 radical (unpaired) electrons. The fourth-order valence-corrected chi connectivity index (χ4v) is 7.01. The van der Waals surface area contributed by atoms with Crippen LogP contribution < -0.4 is 0 Å². The first-order valence-electron chi connectivity index (χ1n) is 20.1. The van der Waals surface area contributed by atoms with E-state index in [0.717, 1.165) is 17.5 Å². The third-order valence-electron chi connectivity index (χ3n) is 10.1. The fraction of sp³-hybridized carbons (Fsp3) is 0.587. The molecule has 296 valence electrons. The molecule has 2 aromatic carbocycles. The normalized spacial score (nSPS) is 15.8. The Hall–Kier alpha value is -4.07. The molecule has 8 heteroatoms. The Labute approximate surface area is 324 Å². The Bertz CT molecular complexity index is 1540. The maximum absolute atomic E-state index is 14.0. The van der Waals surface area contributed by atoms with Crippen LogP contribution in [0, 0.1) is 23.2 Å². The molecule has 2 aromatic rings. The van der Waals surface area contributed by atoms with Crippen LogP contribution >= 0.6 is 0 Å². The first-order chi connectivity index (χ1) is 25.5. The first kappa shape index (κ1) is 46.1. The van der Waals surface area contributed by atoms with Gasteiger partial charge in [-0.1, -0.05) is 135 Å². The fourth-order valence-electron chi connectivity index (χ4n) is 7.01. The number of hydrogen-bond donors (Lipinski definition) is 0. The van der Waals surface area contributed by atoms with Crippen LogP contribution in [-0.4, -0.2) is 58.1 Å². The molecule has 1 fully saturated rings. The summed E-state index contributed by atoms with van der Waals surface area (Å²) in [7, 11) is 0. The SMILES string of the molecule is CCC.CCCCC(CC(=O)[C@@H]1CCCN1C(=O)[C@@H](CC(=O)Cc1ccccc1)C(C)(C)C)C(=O)C(=O)CCC(=O)C[C@H](C(=O)C(C)C)c1ccccc1. The second-order valence-corrected chi connectivity index (χ2v) is 16.3. The highest BCUT2D eigenvalue weighted by Gasteiger charge is 2.42. The smallest absolute Gasteiger partial charge is 0.227 e. The summed E-state index contributed by atoms with van der Waals surface area (Å²) in [6.45, 7) is 16.0. The largest absolute Gasteiger partial charge is 0.332 e. The molecule has 0 N–H and O–H groups in total. The molecule has 1 unspecified atom stereocenters. The Balaban J connectivity index is 0.00000325. The van der Waals surface area contributed by atoms with Gasteiger partial charge >= 0.3 is 0 Å². The van der Waals surface area contributed by atoms with E-state index in [-0.39, 0.29) is 73.5 Å². The number of rotatable bonds is 21. The topological polar surface area (TPSA) is 123 Å². The van der Waals surface area contributed by atoms with Crippen molar-refractivity contribution in [3.05, 3.63) is 71.8 Å². The summed E-state index contributed by atoms with van der Waals surface area (Å²) in [6.07, 6.45) is 3.80. The zero-order chi connectivity index (χ0) is 40.4. The van der Waals surface area contributed by atoms with Crippen LogP contribution in [0.25, 0.3) is 0 Å². The Morgan fingerprint density at radius 2 is 1.37 bits per heavy atom. The number of likely N-dealkylation sites (tertiary alicyclic amines) is 1. The van der Waals surface area contributed by atoms with Crippen LogP contribution in [-0.2, 0) is 40.0 Å². The zero-order valence-electron chi connectivity index (χ0n) is 34.2. The van der Waals surface area contributed by atoms with Crippen LogP contribution in [0.4, 0.5) is 0 Å². The van der Waals surface area contributed by atoms with Crippen LogP contribution in [0.3, 0.4) is 0 Å². The second-order valence-electron chi connectivity index (χ2n) is 16.3. The lowest BCUT2D eigenvalue weighted by Crippen LogP contribution is -2.47. The molecule has 4 atom stereocenters. The number of amides is 1. The predicted octanol–water partition coefficient (Wildman–Crippen LogP) is 8.91. The van der Waals surface area contributed by atoms with Crippen molar-refractivity contribution in [1.29, 1.82) is 0 Å². The number of Topliss-reactive ketones (excluding diaryl/α,β-unsaturated/α-hetero) is 6. The van der Waals surface area contributed by atoms with Gasteiger partial charge in [-0.05, 0) is 35.8 Å². The van der Waals surface area contributed by atoms with Crippen molar-refractivity contribution in [2.45, 2.75) is 144 Å². The van der Waals surface area contributed by atoms with Gasteiger partial charge in [-0.25, -0.2) is 0 Å². The number of unbranched alkanes of at least 4 members (excludes halogenated alkanes) is 1. The molecule has 1 aliphatic rings. The van der Waals surface area contributed by atoms with Crippen molar-refractivity contribution in [1.82, 2.24) is 4.90 Å². The minimum atomic E-state index is -0.831. The summed E-state index contributed by atoms with van der Waals surface area (Å²) >= 11 is 0. The van der Waals surface area contributed by atoms with Crippen molar-refractivity contribution in [2.75, 3.05) is 6.54 Å². The molecule has 0 saturated carbocycles. The van der Waals surface area contributed by atoms with Crippen molar-refractivity contribution in [3.63, 3.8) is 0 Å². The summed E-state index contributed by atoms with van der Waals surface area (Å²) in [4.78, 5) is 95.2. The molecule has 1 saturated heterocycles. The molecule has 54 heavy (non-hydrogen) atoms. The minimum Gasteiger partial charge on any atom is -0.332 e. The summed E-state index contributed by atoms with van der Waals surface area (Å²) in [5.41, 5.74) is 1.11. The van der Waals surface area contributed by atoms with Gasteiger partial charge in [0.25, 0.3) is 0 Å². The molecule has 1 amide bonds. The van der Waals surface area contributed by atoms with E-state index in [1.165, 1.54) is 6.42 Å². The van der Waals surface area contributed by atoms with E-state index in [9.17, 15) is 33.6 Å². The highest BCUT2D eigenvalue weighted by Crippen LogP contribution is 2.34. The van der Waals surface area contributed by atoms with Gasteiger partial charge in [0.1, 0.15) is 17.3 Å². The second kappa shape index (κ2) is 23.0. The van der Waals surface area contributed by atoms with Gasteiger partial charge in [-0.15, -0.1) is 0 Å². The molecule has 8 nitrogen and oxygen atoms in total. The number of ketones is 6. The number of carbonyl (C=O) groups excluding carboxylic acids is 7. The van der Waals surface area contributed by atoms with Crippen LogP contribution in [0.2, 0.25) is 0 Å². The Kier molecular flexibility index (Phi) is 19.6. The molecule has 0 aliphatic carbocycles. The summed E-state index contributed by atoms with van der Waals surface area (Å²) in [5.74, 6) is -4.51. The lowest BCUT2D eigenvalue weighted by Gasteiger charge is -2.35. The summed E-state index contributed by atoms with van der Waals surface area (Å²) < 4.78 is 0. The lowest BCUT2D eigenvalue weighted by atomic mass is 9.76. The number of carbonyl (C=O) groups is 7. The van der Waals surface area contributed by atoms with Gasteiger partial charge in [0, 0.05) is 68.7 Å². The predicted molar refractivity (Wildman–Crippen MR) is 214 cm³/mol. The molecule has 3 rings (SSSR count). The minimum absolute atomic E-state index is 0.0409. The number of hydrogen-bond acceptors (Lipinski definition) is 7.